The van der Waals surface area contributed by atoms with Gasteiger partial charge in [-0.05, 0) is 56.3 Å². The van der Waals surface area contributed by atoms with E-state index in [0.717, 1.165) is 44.2 Å². The fourth-order valence-corrected chi connectivity index (χ4v) is 3.07. The molecule has 1 N–H and O–H groups in total. The lowest BCUT2D eigenvalue weighted by Gasteiger charge is -2.40. The Labute approximate surface area is 100 Å². The van der Waals surface area contributed by atoms with E-state index in [2.05, 4.69) is 5.32 Å². The minimum atomic E-state index is -0.404. The van der Waals surface area contributed by atoms with Gasteiger partial charge in [0.2, 0.25) is 0 Å². The van der Waals surface area contributed by atoms with Gasteiger partial charge in [-0.15, -0.1) is 0 Å². The topological polar surface area (TPSA) is 29.1 Å². The van der Waals surface area contributed by atoms with E-state index in [1.165, 1.54) is 12.1 Å². The van der Waals surface area contributed by atoms with Crippen molar-refractivity contribution in [3.05, 3.63) is 35.1 Å². The van der Waals surface area contributed by atoms with Crippen molar-refractivity contribution in [3.63, 3.8) is 0 Å². The fourth-order valence-electron chi connectivity index (χ4n) is 3.07. The number of ketones is 1. The lowest BCUT2D eigenvalue weighted by atomic mass is 9.72. The number of hydrogen-bond donors (Lipinski definition) is 1. The number of carbonyl (C=O) groups is 1. The van der Waals surface area contributed by atoms with Crippen LogP contribution in [0.2, 0.25) is 0 Å². The SMILES string of the molecule is O=C1c2cc(F)ccc2CCC12CCCCN2. The molecular weight excluding hydrogens is 217 g/mol. The molecule has 3 heteroatoms. The fraction of sp³-hybridized carbons (Fsp3) is 0.500. The zero-order valence-corrected chi connectivity index (χ0v) is 9.76. The molecule has 1 aliphatic carbocycles. The third kappa shape index (κ3) is 1.69. The Morgan fingerprint density at radius 2 is 2.12 bits per heavy atom. The second kappa shape index (κ2) is 3.91. The van der Waals surface area contributed by atoms with Crippen LogP contribution in [0.5, 0.6) is 0 Å². The first kappa shape index (κ1) is 10.9. The van der Waals surface area contributed by atoms with E-state index in [1.54, 1.807) is 6.07 Å². The molecule has 1 unspecified atom stereocenters. The molecule has 1 spiro atoms. The molecule has 1 aromatic rings. The van der Waals surface area contributed by atoms with Crippen molar-refractivity contribution in [2.24, 2.45) is 0 Å². The second-order valence-corrected chi connectivity index (χ2v) is 5.10. The summed E-state index contributed by atoms with van der Waals surface area (Å²) in [7, 11) is 0. The molecule has 1 saturated heterocycles. The summed E-state index contributed by atoms with van der Waals surface area (Å²) in [5, 5.41) is 3.37. The standard InChI is InChI=1S/C14H16FNO/c15-11-4-3-10-5-7-14(6-1-2-8-16-14)13(17)12(10)9-11/h3-4,9,16H,1-2,5-8H2. The lowest BCUT2D eigenvalue weighted by molar-refractivity contribution is 0.0781. The molecule has 3 rings (SSSR count). The highest BCUT2D eigenvalue weighted by molar-refractivity contribution is 6.05. The van der Waals surface area contributed by atoms with Crippen LogP contribution in [0.15, 0.2) is 18.2 Å². The number of halogens is 1. The second-order valence-electron chi connectivity index (χ2n) is 5.10. The lowest BCUT2D eigenvalue weighted by Crippen LogP contribution is -2.56. The Bertz CT molecular complexity index is 463. The average molecular weight is 233 g/mol. The molecular formula is C14H16FNO. The molecule has 1 fully saturated rings. The van der Waals surface area contributed by atoms with Crippen molar-refractivity contribution in [3.8, 4) is 0 Å². The Morgan fingerprint density at radius 1 is 1.24 bits per heavy atom. The Balaban J connectivity index is 2.01. The van der Waals surface area contributed by atoms with E-state index in [9.17, 15) is 9.18 Å². The van der Waals surface area contributed by atoms with E-state index >= 15 is 0 Å². The molecule has 1 aromatic carbocycles. The largest absolute Gasteiger partial charge is 0.305 e. The minimum Gasteiger partial charge on any atom is -0.305 e. The maximum absolute atomic E-state index is 13.3. The van der Waals surface area contributed by atoms with E-state index in [-0.39, 0.29) is 11.6 Å². The van der Waals surface area contributed by atoms with Gasteiger partial charge in [0.05, 0.1) is 5.54 Å². The van der Waals surface area contributed by atoms with Gasteiger partial charge in [-0.25, -0.2) is 4.39 Å². The van der Waals surface area contributed by atoms with Gasteiger partial charge in [0.15, 0.2) is 5.78 Å². The van der Waals surface area contributed by atoms with Gasteiger partial charge in [-0.3, -0.25) is 4.79 Å². The van der Waals surface area contributed by atoms with Gasteiger partial charge >= 0.3 is 0 Å². The molecule has 0 amide bonds. The summed E-state index contributed by atoms with van der Waals surface area (Å²) in [5.41, 5.74) is 1.18. The van der Waals surface area contributed by atoms with Crippen LogP contribution in [0.1, 0.15) is 41.6 Å². The number of piperidine rings is 1. The molecule has 1 aliphatic heterocycles. The highest BCUT2D eigenvalue weighted by atomic mass is 19.1. The molecule has 0 saturated carbocycles. The van der Waals surface area contributed by atoms with Crippen molar-refractivity contribution in [2.45, 2.75) is 37.6 Å². The normalized spacial score (nSPS) is 28.2. The third-order valence-electron chi connectivity index (χ3n) is 4.07. The van der Waals surface area contributed by atoms with Gasteiger partial charge in [0.25, 0.3) is 0 Å². The maximum atomic E-state index is 13.3. The van der Waals surface area contributed by atoms with Crippen LogP contribution in [-0.2, 0) is 6.42 Å². The van der Waals surface area contributed by atoms with Crippen molar-refractivity contribution in [1.29, 1.82) is 0 Å². The van der Waals surface area contributed by atoms with E-state index in [0.29, 0.717) is 5.56 Å². The smallest absolute Gasteiger partial charge is 0.183 e. The van der Waals surface area contributed by atoms with E-state index in [1.807, 2.05) is 0 Å². The van der Waals surface area contributed by atoms with Gasteiger partial charge in [0.1, 0.15) is 5.82 Å². The number of nitrogens with one attached hydrogen (secondary N) is 1. The van der Waals surface area contributed by atoms with Crippen LogP contribution in [0.25, 0.3) is 0 Å². The van der Waals surface area contributed by atoms with Crippen LogP contribution in [0.4, 0.5) is 4.39 Å². The summed E-state index contributed by atoms with van der Waals surface area (Å²) in [6, 6.07) is 4.59. The Kier molecular flexibility index (Phi) is 2.51. The van der Waals surface area contributed by atoms with Gasteiger partial charge in [0, 0.05) is 5.56 Å². The first-order chi connectivity index (χ1) is 8.21. The summed E-state index contributed by atoms with van der Waals surface area (Å²) in [6.45, 7) is 0.899. The van der Waals surface area contributed by atoms with Gasteiger partial charge in [-0.1, -0.05) is 6.07 Å². The molecule has 2 aliphatic rings. The first-order valence-corrected chi connectivity index (χ1v) is 6.30. The quantitative estimate of drug-likeness (QED) is 0.745. The zero-order valence-electron chi connectivity index (χ0n) is 9.76. The van der Waals surface area contributed by atoms with Crippen molar-refractivity contribution >= 4 is 5.78 Å². The molecule has 0 aromatic heterocycles. The molecule has 0 bridgehead atoms. The van der Waals surface area contributed by atoms with Crippen molar-refractivity contribution in [1.82, 2.24) is 5.32 Å². The van der Waals surface area contributed by atoms with Crippen LogP contribution in [-0.4, -0.2) is 17.9 Å². The third-order valence-corrected chi connectivity index (χ3v) is 4.07. The summed E-state index contributed by atoms with van der Waals surface area (Å²) in [4.78, 5) is 12.5. The number of aryl methyl sites for hydroxylation is 1. The number of fused-ring (bicyclic) bond motifs is 1. The van der Waals surface area contributed by atoms with Crippen LogP contribution < -0.4 is 5.32 Å². The van der Waals surface area contributed by atoms with Gasteiger partial charge < -0.3 is 5.32 Å². The molecule has 17 heavy (non-hydrogen) atoms. The van der Waals surface area contributed by atoms with Crippen molar-refractivity contribution < 1.29 is 9.18 Å². The maximum Gasteiger partial charge on any atom is 0.183 e. The van der Waals surface area contributed by atoms with Crippen molar-refractivity contribution in [2.75, 3.05) is 6.54 Å². The highest BCUT2D eigenvalue weighted by Gasteiger charge is 2.42. The number of rotatable bonds is 0. The molecule has 1 heterocycles. The summed E-state index contributed by atoms with van der Waals surface area (Å²) in [6.07, 6.45) is 4.83. The number of benzene rings is 1. The Morgan fingerprint density at radius 3 is 2.88 bits per heavy atom. The van der Waals surface area contributed by atoms with Crippen LogP contribution in [0, 0.1) is 5.82 Å². The molecule has 0 radical (unpaired) electrons. The van der Waals surface area contributed by atoms with E-state index in [4.69, 9.17) is 0 Å². The monoisotopic (exact) mass is 233 g/mol. The number of hydrogen-bond acceptors (Lipinski definition) is 2. The summed E-state index contributed by atoms with van der Waals surface area (Å²) < 4.78 is 13.3. The molecule has 1 atom stereocenters. The zero-order chi connectivity index (χ0) is 11.9. The van der Waals surface area contributed by atoms with Crippen LogP contribution in [0.3, 0.4) is 0 Å². The minimum absolute atomic E-state index is 0.0953. The predicted molar refractivity (Wildman–Crippen MR) is 63.6 cm³/mol. The van der Waals surface area contributed by atoms with Gasteiger partial charge in [-0.2, -0.15) is 0 Å². The average Bonchev–Trinajstić information content (AvgIpc) is 2.36. The summed E-state index contributed by atoms with van der Waals surface area (Å²) in [5.74, 6) is -0.220. The molecule has 90 valence electrons. The van der Waals surface area contributed by atoms with Crippen LogP contribution >= 0.6 is 0 Å². The highest BCUT2D eigenvalue weighted by Crippen LogP contribution is 2.34. The predicted octanol–water partition coefficient (Wildman–Crippen LogP) is 2.47. The van der Waals surface area contributed by atoms with E-state index < -0.39 is 5.54 Å². The first-order valence-electron chi connectivity index (χ1n) is 6.30. The Hall–Kier alpha value is -1.22. The number of carbonyl (C=O) groups excluding carboxylic acids is 1. The molecule has 2 nitrogen and oxygen atoms in total. The summed E-state index contributed by atoms with van der Waals surface area (Å²) >= 11 is 0. The number of Topliss-reactive ketones (excluding diaryl/α,β-unsaturated/α-hetero) is 1.